The van der Waals surface area contributed by atoms with Gasteiger partial charge in [0.15, 0.2) is 0 Å². The summed E-state index contributed by atoms with van der Waals surface area (Å²) in [6.07, 6.45) is 1.73. The van der Waals surface area contributed by atoms with Gasteiger partial charge in [-0.1, -0.05) is 12.1 Å². The Morgan fingerprint density at radius 3 is 2.07 bits per heavy atom. The predicted molar refractivity (Wildman–Crippen MR) is 103 cm³/mol. The Balaban J connectivity index is 1.64. The monoisotopic (exact) mass is 402 g/mol. The molecule has 4 rings (SSSR count). The highest BCUT2D eigenvalue weighted by atomic mass is 32.2. The Hall–Kier alpha value is -2.35. The molecule has 8 heteroatoms. The lowest BCUT2D eigenvalue weighted by Crippen LogP contribution is -2.55. The van der Waals surface area contributed by atoms with Crippen LogP contribution in [0.15, 0.2) is 12.1 Å². The Bertz CT molecular complexity index is 890. The van der Waals surface area contributed by atoms with Crippen LogP contribution in [0.4, 0.5) is 4.79 Å². The van der Waals surface area contributed by atoms with Gasteiger partial charge in [0.1, 0.15) is 10.3 Å². The van der Waals surface area contributed by atoms with Gasteiger partial charge in [-0.05, 0) is 53.8 Å². The molecule has 7 nitrogen and oxygen atoms in total. The minimum Gasteiger partial charge on any atom is -0.464 e. The van der Waals surface area contributed by atoms with E-state index in [0.717, 1.165) is 34.0 Å². The SMILES string of the molecule is CCOC(=O)C1(NC(C)=O)Cc2cc3c(cc2C1)CC1(C3)SC(=O)N(C)C1=O. The Labute approximate surface area is 167 Å². The van der Waals surface area contributed by atoms with E-state index in [2.05, 4.69) is 5.32 Å². The van der Waals surface area contributed by atoms with E-state index in [1.165, 1.54) is 18.9 Å². The van der Waals surface area contributed by atoms with Crippen LogP contribution in [0.1, 0.15) is 36.1 Å². The molecule has 1 aromatic carbocycles. The van der Waals surface area contributed by atoms with Crippen LogP contribution in [0.3, 0.4) is 0 Å². The van der Waals surface area contributed by atoms with Gasteiger partial charge in [0.25, 0.3) is 5.24 Å². The highest BCUT2D eigenvalue weighted by Crippen LogP contribution is 2.48. The summed E-state index contributed by atoms with van der Waals surface area (Å²) in [5.74, 6) is -0.841. The zero-order chi connectivity index (χ0) is 20.3. The van der Waals surface area contributed by atoms with Gasteiger partial charge in [0, 0.05) is 26.8 Å². The summed E-state index contributed by atoms with van der Waals surface area (Å²) >= 11 is 1.11. The van der Waals surface area contributed by atoms with E-state index in [1.807, 2.05) is 12.1 Å². The molecule has 1 aromatic rings. The number of ether oxygens (including phenoxy) is 1. The smallest absolute Gasteiger partial charge is 0.332 e. The van der Waals surface area contributed by atoms with Gasteiger partial charge >= 0.3 is 5.97 Å². The molecule has 0 bridgehead atoms. The lowest BCUT2D eigenvalue weighted by Gasteiger charge is -2.27. The number of nitrogens with one attached hydrogen (secondary N) is 1. The van der Waals surface area contributed by atoms with Gasteiger partial charge in [-0.15, -0.1) is 0 Å². The van der Waals surface area contributed by atoms with Crippen molar-refractivity contribution in [1.29, 1.82) is 0 Å². The maximum absolute atomic E-state index is 12.6. The first kappa shape index (κ1) is 19.0. The third-order valence-electron chi connectivity index (χ3n) is 5.79. The lowest BCUT2D eigenvalue weighted by atomic mass is 9.95. The normalized spacial score (nSPS) is 21.0. The summed E-state index contributed by atoms with van der Waals surface area (Å²) in [5.41, 5.74) is 2.95. The van der Waals surface area contributed by atoms with Crippen molar-refractivity contribution in [1.82, 2.24) is 10.2 Å². The fraction of sp³-hybridized carbons (Fsp3) is 0.500. The quantitative estimate of drug-likeness (QED) is 0.768. The molecule has 1 spiro atoms. The molecule has 1 fully saturated rings. The molecule has 1 aliphatic heterocycles. The number of benzene rings is 1. The average molecular weight is 402 g/mol. The van der Waals surface area contributed by atoms with Crippen molar-refractivity contribution >= 4 is 34.8 Å². The molecule has 148 valence electrons. The summed E-state index contributed by atoms with van der Waals surface area (Å²) < 4.78 is 4.49. The standard InChI is InChI=1S/C20H22N2O5S/c1-4-27-17(25)19(21-11(2)23)7-12-5-14-9-20(10-15(14)6-13(12)8-19)16(24)22(3)18(26)28-20/h5-6H,4,7-10H2,1-3H3,(H,21,23). The van der Waals surface area contributed by atoms with Crippen molar-refractivity contribution in [2.45, 2.75) is 49.8 Å². The van der Waals surface area contributed by atoms with Crippen LogP contribution in [0.25, 0.3) is 0 Å². The molecule has 0 aromatic heterocycles. The second kappa shape index (κ2) is 6.34. The fourth-order valence-corrected chi connectivity index (χ4v) is 5.86. The number of carbonyl (C=O) groups excluding carboxylic acids is 4. The number of carbonyl (C=O) groups is 4. The van der Waals surface area contributed by atoms with Gasteiger partial charge < -0.3 is 10.1 Å². The summed E-state index contributed by atoms with van der Waals surface area (Å²) in [7, 11) is 1.52. The van der Waals surface area contributed by atoms with Crippen molar-refractivity contribution in [3.63, 3.8) is 0 Å². The second-order valence-corrected chi connectivity index (χ2v) is 9.14. The number of thioether (sulfide) groups is 1. The van der Waals surface area contributed by atoms with Crippen LogP contribution in [-0.2, 0) is 44.8 Å². The first-order valence-electron chi connectivity index (χ1n) is 9.30. The zero-order valence-electron chi connectivity index (χ0n) is 16.1. The van der Waals surface area contributed by atoms with Crippen molar-refractivity contribution in [3.05, 3.63) is 34.4 Å². The van der Waals surface area contributed by atoms with E-state index in [9.17, 15) is 19.2 Å². The second-order valence-electron chi connectivity index (χ2n) is 7.81. The number of hydrogen-bond acceptors (Lipinski definition) is 6. The molecule has 0 atom stereocenters. The van der Waals surface area contributed by atoms with E-state index in [1.54, 1.807) is 6.92 Å². The van der Waals surface area contributed by atoms with E-state index in [4.69, 9.17) is 4.74 Å². The van der Waals surface area contributed by atoms with E-state index >= 15 is 0 Å². The van der Waals surface area contributed by atoms with Crippen molar-refractivity contribution in [2.75, 3.05) is 13.7 Å². The summed E-state index contributed by atoms with van der Waals surface area (Å²) in [5, 5.41) is 2.60. The predicted octanol–water partition coefficient (Wildman–Crippen LogP) is 1.39. The zero-order valence-corrected chi connectivity index (χ0v) is 16.9. The summed E-state index contributed by atoms with van der Waals surface area (Å²) in [6.45, 7) is 3.38. The highest BCUT2D eigenvalue weighted by Gasteiger charge is 2.55. The molecule has 1 heterocycles. The Kier molecular flexibility index (Phi) is 4.30. The van der Waals surface area contributed by atoms with Gasteiger partial charge in [0.2, 0.25) is 11.8 Å². The van der Waals surface area contributed by atoms with Gasteiger partial charge in [-0.3, -0.25) is 19.3 Å². The van der Waals surface area contributed by atoms with Crippen LogP contribution >= 0.6 is 11.8 Å². The molecule has 1 N–H and O–H groups in total. The number of esters is 1. The van der Waals surface area contributed by atoms with Crippen molar-refractivity contribution in [2.24, 2.45) is 0 Å². The molecule has 1 saturated heterocycles. The summed E-state index contributed by atoms with van der Waals surface area (Å²) in [4.78, 5) is 50.2. The number of hydrogen-bond donors (Lipinski definition) is 1. The van der Waals surface area contributed by atoms with Gasteiger partial charge in [-0.25, -0.2) is 4.79 Å². The van der Waals surface area contributed by atoms with Crippen LogP contribution in [0.5, 0.6) is 0 Å². The Morgan fingerprint density at radius 2 is 1.64 bits per heavy atom. The Morgan fingerprint density at radius 1 is 1.11 bits per heavy atom. The highest BCUT2D eigenvalue weighted by molar-refractivity contribution is 8.16. The van der Waals surface area contributed by atoms with Crippen LogP contribution in [-0.4, -0.2) is 51.9 Å². The van der Waals surface area contributed by atoms with Gasteiger partial charge in [-0.2, -0.15) is 0 Å². The minimum absolute atomic E-state index is 0.141. The van der Waals surface area contributed by atoms with Crippen molar-refractivity contribution < 1.29 is 23.9 Å². The maximum atomic E-state index is 12.6. The van der Waals surface area contributed by atoms with E-state index < -0.39 is 16.3 Å². The molecule has 0 saturated carbocycles. The number of amides is 3. The number of nitrogens with zero attached hydrogens (tertiary/aromatic N) is 1. The number of fused-ring (bicyclic) bond motifs is 2. The molecular formula is C20H22N2O5S. The largest absolute Gasteiger partial charge is 0.464 e. The number of imide groups is 1. The topological polar surface area (TPSA) is 92.8 Å². The van der Waals surface area contributed by atoms with Crippen molar-refractivity contribution in [3.8, 4) is 0 Å². The van der Waals surface area contributed by atoms with E-state index in [-0.39, 0.29) is 23.7 Å². The third-order valence-corrected chi connectivity index (χ3v) is 7.09. The maximum Gasteiger partial charge on any atom is 0.332 e. The molecule has 28 heavy (non-hydrogen) atoms. The molecule has 2 aliphatic carbocycles. The first-order valence-corrected chi connectivity index (χ1v) is 10.1. The average Bonchev–Trinajstić information content (AvgIpc) is 3.20. The third kappa shape index (κ3) is 2.73. The van der Waals surface area contributed by atoms with Gasteiger partial charge in [0.05, 0.1) is 6.61 Å². The molecule has 0 unspecified atom stereocenters. The first-order chi connectivity index (χ1) is 13.2. The van der Waals surface area contributed by atoms with Crippen LogP contribution in [0.2, 0.25) is 0 Å². The van der Waals surface area contributed by atoms with E-state index in [0.29, 0.717) is 25.7 Å². The minimum atomic E-state index is -1.08. The molecule has 3 amide bonds. The summed E-state index contributed by atoms with van der Waals surface area (Å²) in [6, 6.07) is 4.05. The van der Waals surface area contributed by atoms with Crippen LogP contribution in [0, 0.1) is 0 Å². The molecule has 0 radical (unpaired) electrons. The molecular weight excluding hydrogens is 380 g/mol. The fourth-order valence-electron chi connectivity index (χ4n) is 4.62. The van der Waals surface area contributed by atoms with Crippen LogP contribution < -0.4 is 5.32 Å². The number of rotatable bonds is 3. The molecule has 3 aliphatic rings. The lowest BCUT2D eigenvalue weighted by molar-refractivity contribution is -0.152.